The quantitative estimate of drug-likeness (QED) is 0.122. The SMILES string of the molecule is CCC/C=C\Cc1ccc(-c2ccc(-c3ccc(C4OCC(CCCCCCCCCC)CO4)cc3F)cc2)c(F)c1F. The molecule has 0 N–H and O–H groups in total. The number of benzene rings is 3. The van der Waals surface area contributed by atoms with Gasteiger partial charge in [-0.15, -0.1) is 0 Å². The number of ether oxygens (including phenoxy) is 2. The monoisotopic (exact) mass is 592 g/mol. The summed E-state index contributed by atoms with van der Waals surface area (Å²) in [6, 6.07) is 15.1. The lowest BCUT2D eigenvalue weighted by molar-refractivity contribution is -0.206. The molecular weight excluding hydrogens is 545 g/mol. The molecule has 232 valence electrons. The van der Waals surface area contributed by atoms with Crippen molar-refractivity contribution in [2.75, 3.05) is 13.2 Å². The van der Waals surface area contributed by atoms with Crippen LogP contribution in [0.2, 0.25) is 0 Å². The molecule has 1 fully saturated rings. The van der Waals surface area contributed by atoms with Gasteiger partial charge in [-0.1, -0.05) is 132 Å². The van der Waals surface area contributed by atoms with Gasteiger partial charge in [0.15, 0.2) is 17.9 Å². The average molecular weight is 593 g/mol. The molecule has 0 aliphatic carbocycles. The zero-order chi connectivity index (χ0) is 30.4. The summed E-state index contributed by atoms with van der Waals surface area (Å²) in [4.78, 5) is 0. The number of hydrogen-bond acceptors (Lipinski definition) is 2. The molecule has 43 heavy (non-hydrogen) atoms. The number of rotatable bonds is 16. The maximum atomic E-state index is 15.2. The molecule has 0 spiro atoms. The highest BCUT2D eigenvalue weighted by molar-refractivity contribution is 5.71. The minimum Gasteiger partial charge on any atom is -0.348 e. The predicted molar refractivity (Wildman–Crippen MR) is 170 cm³/mol. The van der Waals surface area contributed by atoms with Gasteiger partial charge in [0.1, 0.15) is 5.82 Å². The van der Waals surface area contributed by atoms with Crippen molar-refractivity contribution in [3.05, 3.63) is 95.3 Å². The van der Waals surface area contributed by atoms with Crippen molar-refractivity contribution in [2.45, 2.75) is 97.2 Å². The standard InChI is InChI=1S/C38H47F3O2/c1-3-5-7-9-10-11-12-13-15-28-26-42-38(43-27-28)32-22-23-33(35(39)25-32)29-17-19-30(20-18-29)34-24-21-31(36(40)37(34)41)16-14-8-6-4-2/h8,14,17-25,28,38H,3-7,9-13,15-16,26-27H2,1-2H3/b14-8-. The average Bonchev–Trinajstić information content (AvgIpc) is 3.03. The highest BCUT2D eigenvalue weighted by atomic mass is 19.2. The molecule has 0 saturated carbocycles. The molecule has 1 heterocycles. The fraction of sp³-hybridized carbons (Fsp3) is 0.474. The minimum atomic E-state index is -0.864. The summed E-state index contributed by atoms with van der Waals surface area (Å²) in [7, 11) is 0. The van der Waals surface area contributed by atoms with Crippen LogP contribution in [0.15, 0.2) is 66.7 Å². The normalized spacial score (nSPS) is 17.1. The van der Waals surface area contributed by atoms with Crippen molar-refractivity contribution in [3.63, 3.8) is 0 Å². The van der Waals surface area contributed by atoms with Crippen LogP contribution < -0.4 is 0 Å². The Bertz CT molecular complexity index is 1290. The Kier molecular flexibility index (Phi) is 13.4. The van der Waals surface area contributed by atoms with E-state index >= 15 is 4.39 Å². The van der Waals surface area contributed by atoms with Gasteiger partial charge in [0.05, 0.1) is 13.2 Å². The van der Waals surface area contributed by atoms with Crippen LogP contribution in [0, 0.1) is 23.4 Å². The summed E-state index contributed by atoms with van der Waals surface area (Å²) >= 11 is 0. The zero-order valence-electron chi connectivity index (χ0n) is 25.9. The molecule has 0 aromatic heterocycles. The molecule has 1 aliphatic heterocycles. The molecular formula is C38H47F3O2. The third-order valence-corrected chi connectivity index (χ3v) is 8.33. The minimum absolute atomic E-state index is 0.188. The third kappa shape index (κ3) is 9.55. The van der Waals surface area contributed by atoms with Gasteiger partial charge in [-0.25, -0.2) is 13.2 Å². The molecule has 0 atom stereocenters. The lowest BCUT2D eigenvalue weighted by atomic mass is 9.97. The van der Waals surface area contributed by atoms with Crippen molar-refractivity contribution in [2.24, 2.45) is 5.92 Å². The van der Waals surface area contributed by atoms with Gasteiger partial charge in [0.2, 0.25) is 0 Å². The number of unbranched alkanes of at least 4 members (excludes halogenated alkanes) is 8. The fourth-order valence-corrected chi connectivity index (χ4v) is 5.68. The second-order valence-electron chi connectivity index (χ2n) is 11.8. The van der Waals surface area contributed by atoms with E-state index < -0.39 is 17.9 Å². The highest BCUT2D eigenvalue weighted by Crippen LogP contribution is 2.33. The second-order valence-corrected chi connectivity index (χ2v) is 11.8. The summed E-state index contributed by atoms with van der Waals surface area (Å²) in [5.41, 5.74) is 2.80. The summed E-state index contributed by atoms with van der Waals surface area (Å²) in [5.74, 6) is -1.68. The third-order valence-electron chi connectivity index (χ3n) is 8.33. The first-order valence-electron chi connectivity index (χ1n) is 16.3. The van der Waals surface area contributed by atoms with Crippen molar-refractivity contribution in [3.8, 4) is 22.3 Å². The maximum absolute atomic E-state index is 15.2. The largest absolute Gasteiger partial charge is 0.348 e. The molecule has 0 bridgehead atoms. The van der Waals surface area contributed by atoms with E-state index in [1.807, 2.05) is 18.2 Å². The zero-order valence-corrected chi connectivity index (χ0v) is 25.9. The van der Waals surface area contributed by atoms with Crippen molar-refractivity contribution in [1.82, 2.24) is 0 Å². The van der Waals surface area contributed by atoms with Crippen molar-refractivity contribution >= 4 is 0 Å². The van der Waals surface area contributed by atoms with Gasteiger partial charge < -0.3 is 9.47 Å². The molecule has 4 rings (SSSR count). The van der Waals surface area contributed by atoms with Crippen LogP contribution in [-0.2, 0) is 15.9 Å². The summed E-state index contributed by atoms with van der Waals surface area (Å²) < 4.78 is 56.8. The molecule has 3 aromatic carbocycles. The maximum Gasteiger partial charge on any atom is 0.183 e. The number of allylic oxidation sites excluding steroid dienone is 2. The van der Waals surface area contributed by atoms with Crippen molar-refractivity contribution < 1.29 is 22.6 Å². The smallest absolute Gasteiger partial charge is 0.183 e. The van der Waals surface area contributed by atoms with E-state index in [0.29, 0.717) is 53.4 Å². The Hall–Kier alpha value is -2.89. The lowest BCUT2D eigenvalue weighted by Gasteiger charge is -2.29. The van der Waals surface area contributed by atoms with Crippen LogP contribution in [0.3, 0.4) is 0 Å². The Balaban J connectivity index is 1.29. The summed E-state index contributed by atoms with van der Waals surface area (Å²) in [6.45, 7) is 5.57. The molecule has 0 unspecified atom stereocenters. The van der Waals surface area contributed by atoms with Crippen LogP contribution in [0.1, 0.15) is 102 Å². The molecule has 1 aliphatic rings. The molecule has 3 aromatic rings. The molecule has 0 amide bonds. The number of halogens is 3. The Morgan fingerprint density at radius 2 is 1.30 bits per heavy atom. The van der Waals surface area contributed by atoms with Crippen LogP contribution >= 0.6 is 0 Å². The first-order valence-corrected chi connectivity index (χ1v) is 16.3. The fourth-order valence-electron chi connectivity index (χ4n) is 5.68. The summed E-state index contributed by atoms with van der Waals surface area (Å²) in [5, 5.41) is 0. The van der Waals surface area contributed by atoms with Crippen LogP contribution in [0.25, 0.3) is 22.3 Å². The van der Waals surface area contributed by atoms with Gasteiger partial charge in [-0.3, -0.25) is 0 Å². The first-order chi connectivity index (χ1) is 21.0. The highest BCUT2D eigenvalue weighted by Gasteiger charge is 2.24. The van der Waals surface area contributed by atoms with Gasteiger partial charge in [-0.05, 0) is 42.0 Å². The Morgan fingerprint density at radius 3 is 1.95 bits per heavy atom. The topological polar surface area (TPSA) is 18.5 Å². The molecule has 1 saturated heterocycles. The van der Waals surface area contributed by atoms with Gasteiger partial charge >= 0.3 is 0 Å². The second kappa shape index (κ2) is 17.4. The Morgan fingerprint density at radius 1 is 0.674 bits per heavy atom. The van der Waals surface area contributed by atoms with Crippen LogP contribution in [-0.4, -0.2) is 13.2 Å². The van der Waals surface area contributed by atoms with Gasteiger partial charge in [0.25, 0.3) is 0 Å². The number of hydrogen-bond donors (Lipinski definition) is 0. The van der Waals surface area contributed by atoms with E-state index in [1.54, 1.807) is 42.5 Å². The van der Waals surface area contributed by atoms with Crippen LogP contribution in [0.5, 0.6) is 0 Å². The van der Waals surface area contributed by atoms with E-state index in [1.165, 1.54) is 57.4 Å². The van der Waals surface area contributed by atoms with Crippen LogP contribution in [0.4, 0.5) is 13.2 Å². The first kappa shape index (κ1) is 33.0. The summed E-state index contributed by atoms with van der Waals surface area (Å²) in [6.07, 6.45) is 17.1. The van der Waals surface area contributed by atoms with Gasteiger partial charge in [-0.2, -0.15) is 0 Å². The van der Waals surface area contributed by atoms with E-state index in [2.05, 4.69) is 13.8 Å². The van der Waals surface area contributed by atoms with E-state index in [4.69, 9.17) is 9.47 Å². The van der Waals surface area contributed by atoms with E-state index in [0.717, 1.165) is 19.3 Å². The van der Waals surface area contributed by atoms with Crippen molar-refractivity contribution in [1.29, 1.82) is 0 Å². The lowest BCUT2D eigenvalue weighted by Crippen LogP contribution is -2.27. The predicted octanol–water partition coefficient (Wildman–Crippen LogP) is 11.5. The van der Waals surface area contributed by atoms with E-state index in [-0.39, 0.29) is 11.4 Å². The Labute approximate surface area is 256 Å². The van der Waals surface area contributed by atoms with E-state index in [9.17, 15) is 8.78 Å². The van der Waals surface area contributed by atoms with Gasteiger partial charge in [0, 0.05) is 22.6 Å². The molecule has 5 heteroatoms. The molecule has 2 nitrogen and oxygen atoms in total. The molecule has 0 radical (unpaired) electrons.